The Hall–Kier alpha value is -2.89. The maximum Gasteiger partial charge on any atom is 0.356 e. The van der Waals surface area contributed by atoms with Crippen LogP contribution in [0.4, 0.5) is 0 Å². The normalized spacial score (nSPS) is 10.8. The number of carboxylic acid groups (broad SMARTS) is 1. The maximum atomic E-state index is 11.0. The van der Waals surface area contributed by atoms with Crippen molar-refractivity contribution in [3.63, 3.8) is 0 Å². The van der Waals surface area contributed by atoms with Gasteiger partial charge in [-0.3, -0.25) is 4.68 Å². The zero-order valence-corrected chi connectivity index (χ0v) is 11.7. The number of aryl methyl sites for hydroxylation is 2. The first-order valence-corrected chi connectivity index (χ1v) is 6.45. The van der Waals surface area contributed by atoms with Crippen molar-refractivity contribution in [3.8, 4) is 16.9 Å². The molecule has 0 bridgehead atoms. The molecule has 1 N–H and O–H groups in total. The van der Waals surface area contributed by atoms with Gasteiger partial charge in [-0.15, -0.1) is 0 Å². The van der Waals surface area contributed by atoms with Gasteiger partial charge in [0.25, 0.3) is 0 Å². The van der Waals surface area contributed by atoms with Gasteiger partial charge in [0.15, 0.2) is 5.69 Å². The van der Waals surface area contributed by atoms with Crippen molar-refractivity contribution >= 4 is 5.97 Å². The van der Waals surface area contributed by atoms with E-state index < -0.39 is 5.97 Å². The third-order valence-corrected chi connectivity index (χ3v) is 3.34. The molecule has 6 heteroatoms. The highest BCUT2D eigenvalue weighted by molar-refractivity contribution is 5.87. The van der Waals surface area contributed by atoms with E-state index in [0.29, 0.717) is 0 Å². The van der Waals surface area contributed by atoms with Crippen LogP contribution in [-0.4, -0.2) is 30.6 Å². The number of aromatic carboxylic acids is 1. The molecule has 0 amide bonds. The number of hydrogen-bond donors (Lipinski definition) is 1. The number of carbonyl (C=O) groups is 1. The minimum atomic E-state index is -1.03. The van der Waals surface area contributed by atoms with Crippen LogP contribution in [0.3, 0.4) is 0 Å². The van der Waals surface area contributed by atoms with Gasteiger partial charge in [0, 0.05) is 18.9 Å². The van der Waals surface area contributed by atoms with Gasteiger partial charge in [-0.2, -0.15) is 10.2 Å². The van der Waals surface area contributed by atoms with E-state index in [4.69, 9.17) is 5.11 Å². The molecule has 106 valence electrons. The largest absolute Gasteiger partial charge is 0.476 e. The third kappa shape index (κ3) is 2.31. The fraction of sp³-hybridized carbons (Fsp3) is 0.133. The molecule has 1 aromatic carbocycles. The van der Waals surface area contributed by atoms with Crippen molar-refractivity contribution in [2.75, 3.05) is 0 Å². The van der Waals surface area contributed by atoms with Gasteiger partial charge in [0.05, 0.1) is 11.4 Å². The van der Waals surface area contributed by atoms with E-state index in [1.54, 1.807) is 24.0 Å². The predicted octanol–water partition coefficient (Wildman–Crippen LogP) is 2.28. The molecule has 0 spiro atoms. The highest BCUT2D eigenvalue weighted by Crippen LogP contribution is 2.22. The molecule has 0 saturated heterocycles. The van der Waals surface area contributed by atoms with Gasteiger partial charge in [0.2, 0.25) is 0 Å². The Morgan fingerprint density at radius 1 is 1.19 bits per heavy atom. The van der Waals surface area contributed by atoms with Crippen LogP contribution in [-0.2, 0) is 7.05 Å². The molecule has 0 aliphatic carbocycles. The summed E-state index contributed by atoms with van der Waals surface area (Å²) in [7, 11) is 1.73. The average Bonchev–Trinajstić information content (AvgIpc) is 3.05. The number of benzene rings is 1. The fourth-order valence-electron chi connectivity index (χ4n) is 2.26. The predicted molar refractivity (Wildman–Crippen MR) is 77.5 cm³/mol. The van der Waals surface area contributed by atoms with Gasteiger partial charge >= 0.3 is 5.97 Å². The second-order valence-corrected chi connectivity index (χ2v) is 4.77. The summed E-state index contributed by atoms with van der Waals surface area (Å²) in [6, 6.07) is 11.3. The van der Waals surface area contributed by atoms with Crippen LogP contribution in [0.1, 0.15) is 16.2 Å². The fourth-order valence-corrected chi connectivity index (χ4v) is 2.26. The highest BCUT2D eigenvalue weighted by atomic mass is 16.4. The second-order valence-electron chi connectivity index (χ2n) is 4.77. The zero-order chi connectivity index (χ0) is 15.0. The lowest BCUT2D eigenvalue weighted by Crippen LogP contribution is -2.00. The van der Waals surface area contributed by atoms with Gasteiger partial charge < -0.3 is 5.11 Å². The summed E-state index contributed by atoms with van der Waals surface area (Å²) in [6.45, 7) is 1.99. The topological polar surface area (TPSA) is 72.9 Å². The molecular weight excluding hydrogens is 268 g/mol. The smallest absolute Gasteiger partial charge is 0.356 e. The molecule has 3 aromatic rings. The Bertz CT molecular complexity index is 799. The monoisotopic (exact) mass is 282 g/mol. The number of aromatic nitrogens is 4. The Labute approximate surface area is 121 Å². The molecule has 21 heavy (non-hydrogen) atoms. The number of nitrogens with zero attached hydrogens (tertiary/aromatic N) is 4. The first-order valence-electron chi connectivity index (χ1n) is 6.45. The molecule has 0 saturated carbocycles. The molecular formula is C15H14N4O2. The molecule has 0 unspecified atom stereocenters. The van der Waals surface area contributed by atoms with E-state index in [1.807, 2.05) is 41.9 Å². The summed E-state index contributed by atoms with van der Waals surface area (Å²) in [5, 5.41) is 17.2. The molecule has 2 heterocycles. The van der Waals surface area contributed by atoms with E-state index in [9.17, 15) is 4.79 Å². The van der Waals surface area contributed by atoms with Crippen LogP contribution in [0.5, 0.6) is 0 Å². The summed E-state index contributed by atoms with van der Waals surface area (Å²) >= 11 is 0. The van der Waals surface area contributed by atoms with E-state index in [1.165, 1.54) is 0 Å². The molecule has 0 fully saturated rings. The standard InChI is InChI=1S/C15H14N4O2/c1-10-7-8-16-19(10)12-5-3-11(4-6-12)14-9-13(15(20)21)17-18(14)2/h3-9H,1-2H3,(H,20,21). The SMILES string of the molecule is Cc1ccnn1-c1ccc(-c2cc(C(=O)O)nn2C)cc1. The molecule has 2 aromatic heterocycles. The number of carboxylic acids is 1. The molecule has 3 rings (SSSR count). The zero-order valence-electron chi connectivity index (χ0n) is 11.7. The van der Waals surface area contributed by atoms with Crippen molar-refractivity contribution < 1.29 is 9.90 Å². The van der Waals surface area contributed by atoms with E-state index >= 15 is 0 Å². The van der Waals surface area contributed by atoms with Crippen molar-refractivity contribution in [1.82, 2.24) is 19.6 Å². The third-order valence-electron chi connectivity index (χ3n) is 3.34. The quantitative estimate of drug-likeness (QED) is 0.800. The van der Waals surface area contributed by atoms with Gasteiger partial charge in [-0.1, -0.05) is 12.1 Å². The lowest BCUT2D eigenvalue weighted by molar-refractivity contribution is 0.0689. The van der Waals surface area contributed by atoms with Crippen LogP contribution in [0.25, 0.3) is 16.9 Å². The molecule has 0 atom stereocenters. The van der Waals surface area contributed by atoms with E-state index in [-0.39, 0.29) is 5.69 Å². The van der Waals surface area contributed by atoms with Crippen LogP contribution in [0, 0.1) is 6.92 Å². The lowest BCUT2D eigenvalue weighted by atomic mass is 10.1. The minimum Gasteiger partial charge on any atom is -0.476 e. The average molecular weight is 282 g/mol. The number of hydrogen-bond acceptors (Lipinski definition) is 3. The Morgan fingerprint density at radius 2 is 1.90 bits per heavy atom. The van der Waals surface area contributed by atoms with Crippen molar-refractivity contribution in [1.29, 1.82) is 0 Å². The summed E-state index contributed by atoms with van der Waals surface area (Å²) in [5.74, 6) is -1.03. The Balaban J connectivity index is 1.98. The summed E-state index contributed by atoms with van der Waals surface area (Å²) in [4.78, 5) is 11.0. The summed E-state index contributed by atoms with van der Waals surface area (Å²) < 4.78 is 3.41. The minimum absolute atomic E-state index is 0.0412. The summed E-state index contributed by atoms with van der Waals surface area (Å²) in [5.41, 5.74) is 3.72. The van der Waals surface area contributed by atoms with Gasteiger partial charge in [-0.25, -0.2) is 9.48 Å². The molecule has 0 aliphatic heterocycles. The van der Waals surface area contributed by atoms with Crippen molar-refractivity contribution in [3.05, 3.63) is 54.0 Å². The van der Waals surface area contributed by atoms with Crippen LogP contribution in [0.15, 0.2) is 42.6 Å². The maximum absolute atomic E-state index is 11.0. The van der Waals surface area contributed by atoms with E-state index in [0.717, 1.165) is 22.6 Å². The lowest BCUT2D eigenvalue weighted by Gasteiger charge is -2.06. The van der Waals surface area contributed by atoms with Crippen molar-refractivity contribution in [2.45, 2.75) is 6.92 Å². The van der Waals surface area contributed by atoms with Crippen LogP contribution in [0.2, 0.25) is 0 Å². The summed E-state index contributed by atoms with van der Waals surface area (Å²) in [6.07, 6.45) is 1.75. The Morgan fingerprint density at radius 3 is 2.43 bits per heavy atom. The highest BCUT2D eigenvalue weighted by Gasteiger charge is 2.12. The van der Waals surface area contributed by atoms with Crippen LogP contribution < -0.4 is 0 Å². The molecule has 0 aliphatic rings. The van der Waals surface area contributed by atoms with E-state index in [2.05, 4.69) is 10.2 Å². The van der Waals surface area contributed by atoms with Gasteiger partial charge in [0.1, 0.15) is 0 Å². The number of rotatable bonds is 3. The van der Waals surface area contributed by atoms with Crippen molar-refractivity contribution in [2.24, 2.45) is 7.05 Å². The molecule has 0 radical (unpaired) electrons. The first kappa shape index (κ1) is 13.1. The molecule has 6 nitrogen and oxygen atoms in total. The second kappa shape index (κ2) is 4.90. The van der Waals surface area contributed by atoms with Gasteiger partial charge in [-0.05, 0) is 36.8 Å². The first-order chi connectivity index (χ1) is 10.1. The van der Waals surface area contributed by atoms with Crippen LogP contribution >= 0.6 is 0 Å². The Kier molecular flexibility index (Phi) is 3.06.